The van der Waals surface area contributed by atoms with E-state index in [2.05, 4.69) is 40.4 Å². The van der Waals surface area contributed by atoms with E-state index in [-0.39, 0.29) is 16.8 Å². The normalized spacial score (nSPS) is 28.0. The first-order chi connectivity index (χ1) is 13.9. The first-order valence-electron chi connectivity index (χ1n) is 10.1. The lowest BCUT2D eigenvalue weighted by Gasteiger charge is -2.51. The largest absolute Gasteiger partial charge is 0.507 e. The molecule has 5 rings (SSSR count). The molecule has 29 heavy (non-hydrogen) atoms. The lowest BCUT2D eigenvalue weighted by molar-refractivity contribution is 0.124. The zero-order chi connectivity index (χ0) is 20.1. The second kappa shape index (κ2) is 6.78. The first kappa shape index (κ1) is 18.5. The van der Waals surface area contributed by atoms with E-state index in [1.807, 2.05) is 22.9 Å². The Bertz CT molecular complexity index is 1050. The summed E-state index contributed by atoms with van der Waals surface area (Å²) in [6, 6.07) is 5.57. The predicted molar refractivity (Wildman–Crippen MR) is 115 cm³/mol. The van der Waals surface area contributed by atoms with Gasteiger partial charge in [0, 0.05) is 29.5 Å². The molecule has 2 saturated heterocycles. The Balaban J connectivity index is 1.41. The topological polar surface area (TPSA) is 75.9 Å². The van der Waals surface area contributed by atoms with E-state index in [1.54, 1.807) is 18.6 Å². The summed E-state index contributed by atoms with van der Waals surface area (Å²) in [5, 5.41) is 24.8. The van der Waals surface area contributed by atoms with Gasteiger partial charge in [-0.25, -0.2) is 4.98 Å². The smallest absolute Gasteiger partial charge is 0.151 e. The van der Waals surface area contributed by atoms with Crippen molar-refractivity contribution in [2.45, 2.75) is 57.0 Å². The van der Waals surface area contributed by atoms with Crippen LogP contribution in [0.2, 0.25) is 0 Å². The van der Waals surface area contributed by atoms with Crippen molar-refractivity contribution in [3.8, 4) is 22.0 Å². The van der Waals surface area contributed by atoms with Gasteiger partial charge in [-0.1, -0.05) is 16.9 Å². The van der Waals surface area contributed by atoms with Gasteiger partial charge in [-0.3, -0.25) is 0 Å². The maximum absolute atomic E-state index is 10.5. The molecule has 2 fully saturated rings. The number of aromatic hydroxyl groups is 1. The van der Waals surface area contributed by atoms with Crippen LogP contribution in [0.3, 0.4) is 0 Å². The number of hydrogen-bond donors (Lipinski definition) is 2. The van der Waals surface area contributed by atoms with E-state index in [4.69, 9.17) is 0 Å². The molecule has 2 aliphatic heterocycles. The number of fused-ring (bicyclic) bond motifs is 2. The zero-order valence-electron chi connectivity index (χ0n) is 16.7. The standard InChI is InChI=1S/C22H25N5OS/c1-21-6-3-7-22(2,26-21)13-15(12-21)10-19-24-25-20(29-19)17-5-4-16(11-18(17)28)27-9-8-23-14-27/h4-5,8-11,14,26,28H,3,6-7,12-13H2,1-2H3/t21-,22+. The van der Waals surface area contributed by atoms with Gasteiger partial charge in [-0.2, -0.15) is 0 Å². The number of nitrogens with zero attached hydrogens (tertiary/aromatic N) is 4. The number of phenolic OH excluding ortho intramolecular Hbond substituents is 1. The lowest BCUT2D eigenvalue weighted by Crippen LogP contribution is -2.61. The molecule has 0 radical (unpaired) electrons. The average Bonchev–Trinajstić information content (AvgIpc) is 3.32. The number of rotatable bonds is 3. The molecule has 1 aromatic carbocycles. The van der Waals surface area contributed by atoms with Crippen molar-refractivity contribution in [3.05, 3.63) is 47.5 Å². The summed E-state index contributed by atoms with van der Waals surface area (Å²) in [5.41, 5.74) is 3.38. The van der Waals surface area contributed by atoms with Crippen molar-refractivity contribution in [3.63, 3.8) is 0 Å². The van der Waals surface area contributed by atoms with Gasteiger partial charge in [0.1, 0.15) is 10.8 Å². The van der Waals surface area contributed by atoms with Gasteiger partial charge in [0.15, 0.2) is 5.01 Å². The molecule has 6 nitrogen and oxygen atoms in total. The van der Waals surface area contributed by atoms with E-state index in [1.165, 1.54) is 36.2 Å². The molecule has 0 spiro atoms. The van der Waals surface area contributed by atoms with Crippen LogP contribution in [0.4, 0.5) is 0 Å². The van der Waals surface area contributed by atoms with Gasteiger partial charge >= 0.3 is 0 Å². The highest BCUT2D eigenvalue weighted by atomic mass is 32.1. The summed E-state index contributed by atoms with van der Waals surface area (Å²) in [6.07, 6.45) is 13.3. The quantitative estimate of drug-likeness (QED) is 0.665. The fourth-order valence-electron chi connectivity index (χ4n) is 5.00. The van der Waals surface area contributed by atoms with Crippen molar-refractivity contribution in [2.75, 3.05) is 0 Å². The minimum atomic E-state index is 0.187. The number of nitrogens with one attached hydrogen (secondary N) is 1. The highest BCUT2D eigenvalue weighted by Gasteiger charge is 2.43. The lowest BCUT2D eigenvalue weighted by atomic mass is 9.69. The molecule has 4 heterocycles. The van der Waals surface area contributed by atoms with Gasteiger partial charge in [0.2, 0.25) is 0 Å². The van der Waals surface area contributed by atoms with Crippen LogP contribution in [0.15, 0.2) is 42.5 Å². The highest BCUT2D eigenvalue weighted by Crippen LogP contribution is 2.43. The number of phenols is 1. The Kier molecular flexibility index (Phi) is 4.33. The van der Waals surface area contributed by atoms with E-state index < -0.39 is 0 Å². The summed E-state index contributed by atoms with van der Waals surface area (Å²) < 4.78 is 1.86. The van der Waals surface area contributed by atoms with Crippen molar-refractivity contribution in [1.82, 2.24) is 25.1 Å². The molecule has 2 atom stereocenters. The van der Waals surface area contributed by atoms with Crippen molar-refractivity contribution >= 4 is 17.4 Å². The van der Waals surface area contributed by atoms with Crippen LogP contribution in [-0.4, -0.2) is 35.9 Å². The van der Waals surface area contributed by atoms with Crippen LogP contribution < -0.4 is 5.32 Å². The van der Waals surface area contributed by atoms with Crippen molar-refractivity contribution in [2.24, 2.45) is 0 Å². The van der Waals surface area contributed by atoms with Gasteiger partial charge in [-0.05, 0) is 64.2 Å². The van der Waals surface area contributed by atoms with E-state index in [0.717, 1.165) is 28.5 Å². The van der Waals surface area contributed by atoms with Crippen molar-refractivity contribution < 1.29 is 5.11 Å². The Morgan fingerprint density at radius 3 is 2.66 bits per heavy atom. The van der Waals surface area contributed by atoms with Crippen molar-refractivity contribution in [1.29, 1.82) is 0 Å². The molecule has 2 aromatic heterocycles. The third-order valence-corrected chi connectivity index (χ3v) is 6.98. The maximum atomic E-state index is 10.5. The highest BCUT2D eigenvalue weighted by molar-refractivity contribution is 7.15. The van der Waals surface area contributed by atoms with E-state index in [9.17, 15) is 5.11 Å². The fourth-order valence-corrected chi connectivity index (χ4v) is 5.87. The second-order valence-electron chi connectivity index (χ2n) is 8.87. The molecule has 0 amide bonds. The van der Waals surface area contributed by atoms with E-state index >= 15 is 0 Å². The SMILES string of the molecule is C[C@]12CCC[C@](C)(CC(=Cc3nnc(-c4ccc(-n5ccnc5)cc4O)s3)C1)N2. The summed E-state index contributed by atoms with van der Waals surface area (Å²) in [5.74, 6) is 0.197. The van der Waals surface area contributed by atoms with Gasteiger partial charge in [0.05, 0.1) is 17.6 Å². The molecular weight excluding hydrogens is 382 g/mol. The Labute approximate surface area is 174 Å². The number of imidazole rings is 1. The van der Waals surface area contributed by atoms with Crippen LogP contribution >= 0.6 is 11.3 Å². The minimum Gasteiger partial charge on any atom is -0.507 e. The summed E-state index contributed by atoms with van der Waals surface area (Å²) >= 11 is 1.52. The Hall–Kier alpha value is -2.51. The third-order valence-electron chi connectivity index (χ3n) is 6.08. The molecule has 0 saturated carbocycles. The van der Waals surface area contributed by atoms with Gasteiger partial charge in [0.25, 0.3) is 0 Å². The minimum absolute atomic E-state index is 0.187. The first-order valence-corrected chi connectivity index (χ1v) is 10.9. The Morgan fingerprint density at radius 2 is 1.97 bits per heavy atom. The van der Waals surface area contributed by atoms with Crippen LogP contribution in [0.25, 0.3) is 22.3 Å². The maximum Gasteiger partial charge on any atom is 0.151 e. The Morgan fingerprint density at radius 1 is 1.17 bits per heavy atom. The number of hydrogen-bond acceptors (Lipinski definition) is 6. The zero-order valence-corrected chi connectivity index (χ0v) is 17.5. The molecule has 150 valence electrons. The van der Waals surface area contributed by atoms with Crippen LogP contribution in [0.5, 0.6) is 5.75 Å². The molecule has 0 aliphatic carbocycles. The fraction of sp³-hybridized carbons (Fsp3) is 0.409. The molecule has 2 aliphatic rings. The molecule has 3 aromatic rings. The molecule has 2 N–H and O–H groups in total. The van der Waals surface area contributed by atoms with Crippen LogP contribution in [0, 0.1) is 0 Å². The van der Waals surface area contributed by atoms with Gasteiger partial charge < -0.3 is 15.0 Å². The predicted octanol–water partition coefficient (Wildman–Crippen LogP) is 4.56. The monoisotopic (exact) mass is 407 g/mol. The molecule has 7 heteroatoms. The second-order valence-corrected chi connectivity index (χ2v) is 9.88. The van der Waals surface area contributed by atoms with Crippen LogP contribution in [0.1, 0.15) is 51.0 Å². The summed E-state index contributed by atoms with van der Waals surface area (Å²) in [6.45, 7) is 4.67. The summed E-state index contributed by atoms with van der Waals surface area (Å²) in [7, 11) is 0. The molecule has 2 bridgehead atoms. The number of piperidine rings is 2. The van der Waals surface area contributed by atoms with Gasteiger partial charge in [-0.15, -0.1) is 10.2 Å². The number of benzene rings is 1. The average molecular weight is 408 g/mol. The molecule has 0 unspecified atom stereocenters. The molecular formula is C22H25N5OS. The summed E-state index contributed by atoms with van der Waals surface area (Å²) in [4.78, 5) is 4.05. The third kappa shape index (κ3) is 3.60. The number of aromatic nitrogens is 4. The van der Waals surface area contributed by atoms with Crippen LogP contribution in [-0.2, 0) is 0 Å². The van der Waals surface area contributed by atoms with E-state index in [0.29, 0.717) is 5.56 Å².